The summed E-state index contributed by atoms with van der Waals surface area (Å²) in [5.41, 5.74) is 1.68. The summed E-state index contributed by atoms with van der Waals surface area (Å²) in [6.07, 6.45) is 0. The second-order valence-electron chi connectivity index (χ2n) is 6.29. The summed E-state index contributed by atoms with van der Waals surface area (Å²) in [6.45, 7) is 1.93. The number of hydrogen-bond donors (Lipinski definition) is 1. The minimum Gasteiger partial charge on any atom is -0.357 e. The van der Waals surface area contributed by atoms with Gasteiger partial charge < -0.3 is 10.2 Å². The Balaban J connectivity index is 2.09. The number of amides is 2. The SMILES string of the molecule is CNC(=O)[C@H](C)N(Cc1ccc(Cl)c(Cl)c1)C(=O)CSCc1ccc(Cl)cc1Cl. The van der Waals surface area contributed by atoms with Gasteiger partial charge >= 0.3 is 0 Å². The van der Waals surface area contributed by atoms with E-state index in [2.05, 4.69) is 5.32 Å². The summed E-state index contributed by atoms with van der Waals surface area (Å²) < 4.78 is 0. The molecule has 2 aromatic rings. The van der Waals surface area contributed by atoms with Crippen LogP contribution in [0.25, 0.3) is 0 Å². The van der Waals surface area contributed by atoms with Crippen molar-refractivity contribution in [1.82, 2.24) is 10.2 Å². The fourth-order valence-corrected chi connectivity index (χ4v) is 4.39. The number of carbonyl (C=O) groups excluding carboxylic acids is 2. The predicted octanol–water partition coefficient (Wildman–Crippen LogP) is 5.70. The van der Waals surface area contributed by atoms with Gasteiger partial charge in [0.15, 0.2) is 0 Å². The van der Waals surface area contributed by atoms with Crippen LogP contribution in [0, 0.1) is 0 Å². The lowest BCUT2D eigenvalue weighted by atomic mass is 10.1. The van der Waals surface area contributed by atoms with Crippen LogP contribution in [0.5, 0.6) is 0 Å². The molecule has 0 heterocycles. The van der Waals surface area contributed by atoms with Gasteiger partial charge in [-0.3, -0.25) is 9.59 Å². The summed E-state index contributed by atoms with van der Waals surface area (Å²) in [5.74, 6) is 0.338. The first-order valence-corrected chi connectivity index (χ1v) is 11.4. The van der Waals surface area contributed by atoms with Crippen LogP contribution in [0.4, 0.5) is 0 Å². The van der Waals surface area contributed by atoms with Crippen molar-refractivity contribution in [2.24, 2.45) is 0 Å². The van der Waals surface area contributed by atoms with Gasteiger partial charge in [0.2, 0.25) is 11.8 Å². The number of nitrogens with zero attached hydrogens (tertiary/aromatic N) is 1. The van der Waals surface area contributed by atoms with E-state index in [1.807, 2.05) is 6.07 Å². The molecule has 2 rings (SSSR count). The van der Waals surface area contributed by atoms with Crippen LogP contribution in [0.3, 0.4) is 0 Å². The third kappa shape index (κ3) is 6.97. The molecule has 0 radical (unpaired) electrons. The Labute approximate surface area is 194 Å². The second kappa shape index (κ2) is 11.3. The molecule has 0 fully saturated rings. The van der Waals surface area contributed by atoms with Crippen molar-refractivity contribution in [2.75, 3.05) is 12.8 Å². The average molecular weight is 494 g/mol. The normalized spacial score (nSPS) is 11.8. The van der Waals surface area contributed by atoms with E-state index >= 15 is 0 Å². The maximum Gasteiger partial charge on any atom is 0.242 e. The molecule has 2 amide bonds. The standard InChI is InChI=1S/C20H20Cl4N2O2S/c1-12(20(28)25-2)26(9-13-3-6-16(22)18(24)7-13)19(27)11-29-10-14-4-5-15(21)8-17(14)23/h3-8,12H,9-11H2,1-2H3,(H,25,28)/t12-/m0/s1. The average Bonchev–Trinajstić information content (AvgIpc) is 2.69. The van der Waals surface area contributed by atoms with Crippen LogP contribution in [-0.2, 0) is 21.9 Å². The Kier molecular flexibility index (Phi) is 9.44. The number of rotatable bonds is 8. The second-order valence-corrected chi connectivity index (χ2v) is 8.93. The van der Waals surface area contributed by atoms with E-state index < -0.39 is 6.04 Å². The number of nitrogens with one attached hydrogen (secondary N) is 1. The van der Waals surface area contributed by atoms with Crippen molar-refractivity contribution < 1.29 is 9.59 Å². The maximum absolute atomic E-state index is 12.9. The first kappa shape index (κ1) is 24.2. The van der Waals surface area contributed by atoms with E-state index in [4.69, 9.17) is 46.4 Å². The van der Waals surface area contributed by atoms with Crippen LogP contribution >= 0.6 is 58.2 Å². The molecule has 1 atom stereocenters. The van der Waals surface area contributed by atoms with Gasteiger partial charge in [-0.2, -0.15) is 0 Å². The van der Waals surface area contributed by atoms with Crippen molar-refractivity contribution >= 4 is 70.0 Å². The molecule has 0 aliphatic carbocycles. The van der Waals surface area contributed by atoms with E-state index in [9.17, 15) is 9.59 Å². The Morgan fingerprint density at radius 2 is 1.76 bits per heavy atom. The van der Waals surface area contributed by atoms with Gasteiger partial charge in [-0.15, -0.1) is 11.8 Å². The molecule has 156 valence electrons. The number of hydrogen-bond acceptors (Lipinski definition) is 3. The third-order valence-corrected chi connectivity index (χ3v) is 6.54. The lowest BCUT2D eigenvalue weighted by Crippen LogP contribution is -2.47. The number of thioether (sulfide) groups is 1. The summed E-state index contributed by atoms with van der Waals surface area (Å²) in [5, 5.41) is 4.54. The van der Waals surface area contributed by atoms with Crippen LogP contribution in [0.2, 0.25) is 20.1 Å². The lowest BCUT2D eigenvalue weighted by molar-refractivity contribution is -0.138. The third-order valence-electron chi connectivity index (χ3n) is 4.25. The largest absolute Gasteiger partial charge is 0.357 e. The fourth-order valence-electron chi connectivity index (χ4n) is 2.60. The summed E-state index contributed by atoms with van der Waals surface area (Å²) >= 11 is 25.6. The zero-order valence-corrected chi connectivity index (χ0v) is 19.7. The molecule has 29 heavy (non-hydrogen) atoms. The Morgan fingerprint density at radius 1 is 1.03 bits per heavy atom. The Morgan fingerprint density at radius 3 is 2.38 bits per heavy atom. The molecular formula is C20H20Cl4N2O2S. The molecular weight excluding hydrogens is 474 g/mol. The van der Waals surface area contributed by atoms with E-state index in [1.165, 1.54) is 23.7 Å². The van der Waals surface area contributed by atoms with E-state index in [0.717, 1.165) is 11.1 Å². The summed E-state index contributed by atoms with van der Waals surface area (Å²) in [6, 6.07) is 9.78. The van der Waals surface area contributed by atoms with E-state index in [-0.39, 0.29) is 24.1 Å². The van der Waals surface area contributed by atoms with Crippen molar-refractivity contribution in [2.45, 2.75) is 25.3 Å². The topological polar surface area (TPSA) is 49.4 Å². The summed E-state index contributed by atoms with van der Waals surface area (Å²) in [4.78, 5) is 26.6. The van der Waals surface area contributed by atoms with Gasteiger partial charge in [0.05, 0.1) is 15.8 Å². The highest BCUT2D eigenvalue weighted by atomic mass is 35.5. The van der Waals surface area contributed by atoms with Crippen molar-refractivity contribution in [1.29, 1.82) is 0 Å². The maximum atomic E-state index is 12.9. The van der Waals surface area contributed by atoms with Crippen molar-refractivity contribution in [3.05, 3.63) is 67.6 Å². The molecule has 0 saturated carbocycles. The zero-order chi connectivity index (χ0) is 21.6. The molecule has 4 nitrogen and oxygen atoms in total. The molecule has 0 aliphatic rings. The highest BCUT2D eigenvalue weighted by Crippen LogP contribution is 2.26. The molecule has 9 heteroatoms. The number of benzene rings is 2. The molecule has 0 saturated heterocycles. The van der Waals surface area contributed by atoms with Crippen LogP contribution in [0.1, 0.15) is 18.1 Å². The quantitative estimate of drug-likeness (QED) is 0.513. The van der Waals surface area contributed by atoms with E-state index in [1.54, 1.807) is 37.3 Å². The van der Waals surface area contributed by atoms with Crippen LogP contribution < -0.4 is 5.32 Å². The van der Waals surface area contributed by atoms with Gasteiger partial charge in [0.1, 0.15) is 6.04 Å². The van der Waals surface area contributed by atoms with Crippen LogP contribution in [-0.4, -0.2) is 35.6 Å². The molecule has 0 unspecified atom stereocenters. The first-order chi connectivity index (χ1) is 13.7. The minimum atomic E-state index is -0.637. The Hall–Kier alpha value is -1.11. The van der Waals surface area contributed by atoms with Gasteiger partial charge in [0.25, 0.3) is 0 Å². The summed E-state index contributed by atoms with van der Waals surface area (Å²) in [7, 11) is 1.54. The molecule has 0 aliphatic heterocycles. The fraction of sp³-hybridized carbons (Fsp3) is 0.300. The van der Waals surface area contributed by atoms with Gasteiger partial charge in [-0.1, -0.05) is 58.5 Å². The smallest absolute Gasteiger partial charge is 0.242 e. The van der Waals surface area contributed by atoms with Crippen molar-refractivity contribution in [3.63, 3.8) is 0 Å². The molecule has 0 aromatic heterocycles. The highest BCUT2D eigenvalue weighted by Gasteiger charge is 2.25. The van der Waals surface area contributed by atoms with E-state index in [0.29, 0.717) is 25.8 Å². The Bertz CT molecular complexity index is 895. The van der Waals surface area contributed by atoms with Gasteiger partial charge in [0, 0.05) is 29.4 Å². The lowest BCUT2D eigenvalue weighted by Gasteiger charge is -2.28. The monoisotopic (exact) mass is 492 g/mol. The number of carbonyl (C=O) groups is 2. The predicted molar refractivity (Wildman–Crippen MR) is 123 cm³/mol. The van der Waals surface area contributed by atoms with Crippen LogP contribution in [0.15, 0.2) is 36.4 Å². The molecule has 2 aromatic carbocycles. The number of likely N-dealkylation sites (N-methyl/N-ethyl adjacent to an activating group) is 1. The van der Waals surface area contributed by atoms with Gasteiger partial charge in [-0.25, -0.2) is 0 Å². The molecule has 0 spiro atoms. The minimum absolute atomic E-state index is 0.165. The first-order valence-electron chi connectivity index (χ1n) is 8.69. The molecule has 1 N–H and O–H groups in total. The molecule has 0 bridgehead atoms. The highest BCUT2D eigenvalue weighted by molar-refractivity contribution is 7.99. The zero-order valence-electron chi connectivity index (χ0n) is 15.8. The number of halogens is 4. The van der Waals surface area contributed by atoms with Crippen molar-refractivity contribution in [3.8, 4) is 0 Å². The van der Waals surface area contributed by atoms with Gasteiger partial charge in [-0.05, 0) is 42.3 Å².